The number of rotatable bonds is 7. The standard InChI is InChI=1S/C20H18F3N3O3S2/c1-2-25-31(28,29)17-8-6-14(7-9-17)18(27)26-19-24-12-16(30-19)11-13-4-3-5-15(10-13)20(21,22)23/h3-10,12,25H,2,11H2,1H3,(H,24,26,27). The molecule has 1 aromatic heterocycles. The van der Waals surface area contributed by atoms with E-state index in [0.29, 0.717) is 10.4 Å². The largest absolute Gasteiger partial charge is 0.416 e. The third kappa shape index (κ3) is 5.90. The quantitative estimate of drug-likeness (QED) is 0.540. The zero-order valence-corrected chi connectivity index (χ0v) is 17.9. The first-order valence-electron chi connectivity index (χ1n) is 9.10. The molecule has 6 nitrogen and oxygen atoms in total. The first-order valence-corrected chi connectivity index (χ1v) is 11.4. The minimum atomic E-state index is -4.41. The highest BCUT2D eigenvalue weighted by Crippen LogP contribution is 2.30. The molecule has 0 aliphatic heterocycles. The van der Waals surface area contributed by atoms with E-state index in [-0.39, 0.29) is 28.6 Å². The van der Waals surface area contributed by atoms with Crippen LogP contribution in [0.5, 0.6) is 0 Å². The van der Waals surface area contributed by atoms with Crippen molar-refractivity contribution in [3.63, 3.8) is 0 Å². The van der Waals surface area contributed by atoms with E-state index < -0.39 is 27.7 Å². The average Bonchev–Trinajstić information content (AvgIpc) is 3.14. The van der Waals surface area contributed by atoms with Crippen molar-refractivity contribution in [3.8, 4) is 0 Å². The van der Waals surface area contributed by atoms with Crippen molar-refractivity contribution >= 4 is 32.4 Å². The van der Waals surface area contributed by atoms with Crippen molar-refractivity contribution in [3.05, 3.63) is 76.3 Å². The third-order valence-corrected chi connectivity index (χ3v) is 6.64. The summed E-state index contributed by atoms with van der Waals surface area (Å²) in [5.74, 6) is -0.479. The van der Waals surface area contributed by atoms with Gasteiger partial charge < -0.3 is 0 Å². The summed E-state index contributed by atoms with van der Waals surface area (Å²) in [6.45, 7) is 1.91. The number of benzene rings is 2. The van der Waals surface area contributed by atoms with Crippen molar-refractivity contribution in [2.45, 2.75) is 24.4 Å². The minimum absolute atomic E-state index is 0.0449. The zero-order valence-electron chi connectivity index (χ0n) is 16.2. The lowest BCUT2D eigenvalue weighted by molar-refractivity contribution is -0.137. The molecule has 0 saturated carbocycles. The fraction of sp³-hybridized carbons (Fsp3) is 0.200. The summed E-state index contributed by atoms with van der Waals surface area (Å²) in [5.41, 5.74) is 0.00144. The number of amides is 1. The van der Waals surface area contributed by atoms with Gasteiger partial charge in [-0.25, -0.2) is 18.1 Å². The lowest BCUT2D eigenvalue weighted by Gasteiger charge is -2.08. The highest BCUT2D eigenvalue weighted by Gasteiger charge is 2.30. The van der Waals surface area contributed by atoms with Crippen LogP contribution < -0.4 is 10.0 Å². The third-order valence-electron chi connectivity index (χ3n) is 4.17. The molecule has 0 spiro atoms. The van der Waals surface area contributed by atoms with Gasteiger partial charge in [-0.3, -0.25) is 10.1 Å². The monoisotopic (exact) mass is 469 g/mol. The highest BCUT2D eigenvalue weighted by atomic mass is 32.2. The van der Waals surface area contributed by atoms with Gasteiger partial charge in [0, 0.05) is 29.6 Å². The molecule has 0 aliphatic carbocycles. The fourth-order valence-corrected chi connectivity index (χ4v) is 4.62. The molecule has 2 aromatic carbocycles. The molecule has 0 radical (unpaired) electrons. The Kier molecular flexibility index (Phi) is 6.77. The first-order chi connectivity index (χ1) is 14.6. The maximum absolute atomic E-state index is 12.8. The summed E-state index contributed by atoms with van der Waals surface area (Å²) in [6.07, 6.45) is -2.68. The van der Waals surface area contributed by atoms with Crippen LogP contribution in [0.2, 0.25) is 0 Å². The zero-order chi connectivity index (χ0) is 22.6. The molecular formula is C20H18F3N3O3S2. The van der Waals surface area contributed by atoms with Gasteiger partial charge in [-0.2, -0.15) is 13.2 Å². The molecular weight excluding hydrogens is 451 g/mol. The topological polar surface area (TPSA) is 88.2 Å². The first kappa shape index (κ1) is 22.9. The van der Waals surface area contributed by atoms with E-state index in [1.54, 1.807) is 13.0 Å². The van der Waals surface area contributed by atoms with Gasteiger partial charge in [0.05, 0.1) is 10.5 Å². The van der Waals surface area contributed by atoms with E-state index in [4.69, 9.17) is 0 Å². The Morgan fingerprint density at radius 1 is 1.13 bits per heavy atom. The summed E-state index contributed by atoms with van der Waals surface area (Å²) in [7, 11) is -3.61. The van der Waals surface area contributed by atoms with Crippen molar-refractivity contribution in [2.24, 2.45) is 0 Å². The molecule has 0 unspecified atom stereocenters. The Balaban J connectivity index is 1.66. The average molecular weight is 470 g/mol. The number of alkyl halides is 3. The van der Waals surface area contributed by atoms with E-state index in [2.05, 4.69) is 15.0 Å². The number of nitrogens with one attached hydrogen (secondary N) is 2. The SMILES string of the molecule is CCNS(=O)(=O)c1ccc(C(=O)Nc2ncc(Cc3cccc(C(F)(F)F)c3)s2)cc1. The fourth-order valence-electron chi connectivity index (χ4n) is 2.73. The Morgan fingerprint density at radius 3 is 2.48 bits per heavy atom. The number of hydrogen-bond acceptors (Lipinski definition) is 5. The summed E-state index contributed by atoms with van der Waals surface area (Å²) < 4.78 is 64.8. The molecule has 1 amide bonds. The molecule has 0 fully saturated rings. The molecule has 0 aliphatic rings. The maximum atomic E-state index is 12.8. The lowest BCUT2D eigenvalue weighted by Crippen LogP contribution is -2.23. The van der Waals surface area contributed by atoms with Crippen molar-refractivity contribution < 1.29 is 26.4 Å². The van der Waals surface area contributed by atoms with Crippen molar-refractivity contribution in [1.82, 2.24) is 9.71 Å². The smallest absolute Gasteiger partial charge is 0.298 e. The van der Waals surface area contributed by atoms with Gasteiger partial charge >= 0.3 is 6.18 Å². The second kappa shape index (κ2) is 9.16. The van der Waals surface area contributed by atoms with Crippen LogP contribution in [0.15, 0.2) is 59.6 Å². The normalized spacial score (nSPS) is 12.0. The molecule has 3 aromatic rings. The Labute approximate surface area is 181 Å². The van der Waals surface area contributed by atoms with Gasteiger partial charge in [0.15, 0.2) is 5.13 Å². The molecule has 3 rings (SSSR count). The predicted molar refractivity (Wildman–Crippen MR) is 112 cm³/mol. The van der Waals surface area contributed by atoms with E-state index in [0.717, 1.165) is 23.5 Å². The molecule has 164 valence electrons. The molecule has 2 N–H and O–H groups in total. The number of carbonyl (C=O) groups excluding carboxylic acids is 1. The number of sulfonamides is 1. The summed E-state index contributed by atoms with van der Waals surface area (Å²) in [4.78, 5) is 17.2. The Morgan fingerprint density at radius 2 is 1.84 bits per heavy atom. The Hall–Kier alpha value is -2.76. The van der Waals surface area contributed by atoms with Crippen LogP contribution in [0, 0.1) is 0 Å². The minimum Gasteiger partial charge on any atom is -0.298 e. The van der Waals surface area contributed by atoms with Crippen LogP contribution in [0.1, 0.15) is 33.3 Å². The second-order valence-corrected chi connectivity index (χ2v) is 9.37. The van der Waals surface area contributed by atoms with Gasteiger partial charge in [-0.15, -0.1) is 11.3 Å². The number of halogens is 3. The van der Waals surface area contributed by atoms with E-state index >= 15 is 0 Å². The molecule has 31 heavy (non-hydrogen) atoms. The van der Waals surface area contributed by atoms with Gasteiger partial charge in [0.2, 0.25) is 10.0 Å². The number of nitrogens with zero attached hydrogens (tertiary/aromatic N) is 1. The molecule has 0 bridgehead atoms. The van der Waals surface area contributed by atoms with Gasteiger partial charge in [-0.1, -0.05) is 25.1 Å². The predicted octanol–water partition coefficient (Wildman–Crippen LogP) is 4.30. The summed E-state index contributed by atoms with van der Waals surface area (Å²) in [5, 5.41) is 2.90. The second-order valence-electron chi connectivity index (χ2n) is 6.49. The van der Waals surface area contributed by atoms with Crippen LogP contribution in [-0.4, -0.2) is 25.9 Å². The number of hydrogen-bond donors (Lipinski definition) is 2. The molecule has 0 atom stereocenters. The van der Waals surface area contributed by atoms with E-state index in [9.17, 15) is 26.4 Å². The molecule has 0 saturated heterocycles. The molecule has 11 heteroatoms. The van der Waals surface area contributed by atoms with Gasteiger partial charge in [-0.05, 0) is 35.9 Å². The van der Waals surface area contributed by atoms with Crippen LogP contribution in [-0.2, 0) is 22.6 Å². The van der Waals surface area contributed by atoms with Crippen LogP contribution in [0.3, 0.4) is 0 Å². The van der Waals surface area contributed by atoms with E-state index in [1.165, 1.54) is 36.5 Å². The number of thiazole rings is 1. The van der Waals surface area contributed by atoms with E-state index in [1.807, 2.05) is 0 Å². The van der Waals surface area contributed by atoms with Crippen molar-refractivity contribution in [1.29, 1.82) is 0 Å². The summed E-state index contributed by atoms with van der Waals surface area (Å²) >= 11 is 1.15. The van der Waals surface area contributed by atoms with Gasteiger partial charge in [0.1, 0.15) is 0 Å². The molecule has 1 heterocycles. The number of anilines is 1. The Bertz CT molecular complexity index is 1170. The van der Waals surface area contributed by atoms with Crippen LogP contribution in [0.4, 0.5) is 18.3 Å². The van der Waals surface area contributed by atoms with Gasteiger partial charge in [0.25, 0.3) is 5.91 Å². The van der Waals surface area contributed by atoms with Crippen molar-refractivity contribution in [2.75, 3.05) is 11.9 Å². The summed E-state index contributed by atoms with van der Waals surface area (Å²) in [6, 6.07) is 10.5. The number of aromatic nitrogens is 1. The highest BCUT2D eigenvalue weighted by molar-refractivity contribution is 7.89. The van der Waals surface area contributed by atoms with Crippen LogP contribution >= 0.6 is 11.3 Å². The van der Waals surface area contributed by atoms with Crippen LogP contribution in [0.25, 0.3) is 0 Å². The maximum Gasteiger partial charge on any atom is 0.416 e. The lowest BCUT2D eigenvalue weighted by atomic mass is 10.1. The number of carbonyl (C=O) groups is 1.